The second-order valence-corrected chi connectivity index (χ2v) is 5.26. The van der Waals surface area contributed by atoms with Crippen molar-refractivity contribution in [2.45, 2.75) is 45.4 Å². The van der Waals surface area contributed by atoms with E-state index in [0.29, 0.717) is 0 Å². The molecule has 2 rings (SSSR count). The Kier molecular flexibility index (Phi) is 2.77. The molecule has 92 valence electrons. The summed E-state index contributed by atoms with van der Waals surface area (Å²) in [5.74, 6) is 0. The number of aromatic nitrogens is 2. The fourth-order valence-corrected chi connectivity index (χ4v) is 2.25. The van der Waals surface area contributed by atoms with Crippen molar-refractivity contribution < 1.29 is 9.53 Å². The second-order valence-electron chi connectivity index (χ2n) is 5.26. The Hall–Kier alpha value is -1.65. The van der Waals surface area contributed by atoms with Gasteiger partial charge < -0.3 is 4.74 Å². The summed E-state index contributed by atoms with van der Waals surface area (Å²) in [7, 11) is 0. The summed E-state index contributed by atoms with van der Waals surface area (Å²) in [5, 5.41) is 0. The molecular weight excluding hydrogens is 218 g/mol. The minimum Gasteiger partial charge on any atom is -0.439 e. The Morgan fingerprint density at radius 1 is 1.29 bits per heavy atom. The molecule has 1 saturated heterocycles. The third kappa shape index (κ3) is 2.09. The normalized spacial score (nSPS) is 24.9. The number of hydrogen-bond acceptors (Lipinski definition) is 4. The van der Waals surface area contributed by atoms with Crippen molar-refractivity contribution in [1.29, 1.82) is 0 Å². The zero-order chi connectivity index (χ0) is 12.6. The van der Waals surface area contributed by atoms with E-state index >= 15 is 0 Å². The first-order chi connectivity index (χ1) is 7.91. The monoisotopic (exact) mass is 235 g/mol. The molecule has 1 aromatic heterocycles. The number of hydrogen-bond donors (Lipinski definition) is 0. The van der Waals surface area contributed by atoms with E-state index in [1.165, 1.54) is 6.33 Å². The van der Waals surface area contributed by atoms with Crippen LogP contribution in [0.15, 0.2) is 18.7 Å². The average molecular weight is 235 g/mol. The molecule has 1 aliphatic rings. The van der Waals surface area contributed by atoms with Crippen LogP contribution in [-0.2, 0) is 4.74 Å². The van der Waals surface area contributed by atoms with E-state index in [1.54, 1.807) is 17.3 Å². The third-order valence-corrected chi connectivity index (χ3v) is 2.90. The lowest BCUT2D eigenvalue weighted by Crippen LogP contribution is -2.46. The SMILES string of the molecule is C[C@H]1[C@@H](c2cncnc2)OC(=O)N1C(C)(C)C. The first kappa shape index (κ1) is 11.8. The van der Waals surface area contributed by atoms with E-state index < -0.39 is 0 Å². The summed E-state index contributed by atoms with van der Waals surface area (Å²) in [6, 6.07) is -0.0199. The van der Waals surface area contributed by atoms with Gasteiger partial charge in [0.1, 0.15) is 6.33 Å². The number of amides is 1. The molecule has 5 nitrogen and oxygen atoms in total. The molecule has 2 atom stereocenters. The predicted molar refractivity (Wildman–Crippen MR) is 62.3 cm³/mol. The van der Waals surface area contributed by atoms with Crippen LogP contribution in [0.3, 0.4) is 0 Å². The van der Waals surface area contributed by atoms with Gasteiger partial charge in [-0.1, -0.05) is 0 Å². The quantitative estimate of drug-likeness (QED) is 0.748. The molecular formula is C12H17N3O2. The number of nitrogens with zero attached hydrogens (tertiary/aromatic N) is 3. The van der Waals surface area contributed by atoms with Crippen LogP contribution in [0.5, 0.6) is 0 Å². The minimum absolute atomic E-state index is 0.0199. The number of rotatable bonds is 1. The van der Waals surface area contributed by atoms with Crippen LogP contribution in [0.4, 0.5) is 4.79 Å². The largest absolute Gasteiger partial charge is 0.439 e. The van der Waals surface area contributed by atoms with Crippen molar-refractivity contribution in [1.82, 2.24) is 14.9 Å². The van der Waals surface area contributed by atoms with Gasteiger partial charge in [-0.15, -0.1) is 0 Å². The molecule has 0 radical (unpaired) electrons. The Morgan fingerprint density at radius 2 is 1.88 bits per heavy atom. The van der Waals surface area contributed by atoms with Gasteiger partial charge in [0.05, 0.1) is 6.04 Å². The number of carbonyl (C=O) groups is 1. The molecule has 0 unspecified atom stereocenters. The van der Waals surface area contributed by atoms with Crippen LogP contribution in [0.25, 0.3) is 0 Å². The average Bonchev–Trinajstić information content (AvgIpc) is 2.54. The van der Waals surface area contributed by atoms with Gasteiger partial charge in [0, 0.05) is 23.5 Å². The zero-order valence-corrected chi connectivity index (χ0v) is 10.5. The molecule has 0 aliphatic carbocycles. The molecule has 1 aliphatic heterocycles. The van der Waals surface area contributed by atoms with Crippen LogP contribution in [0, 0.1) is 0 Å². The van der Waals surface area contributed by atoms with Crippen LogP contribution < -0.4 is 0 Å². The fourth-order valence-electron chi connectivity index (χ4n) is 2.25. The summed E-state index contributed by atoms with van der Waals surface area (Å²) < 4.78 is 5.41. The third-order valence-electron chi connectivity index (χ3n) is 2.90. The first-order valence-electron chi connectivity index (χ1n) is 5.66. The molecule has 0 spiro atoms. The van der Waals surface area contributed by atoms with Crippen molar-refractivity contribution in [3.63, 3.8) is 0 Å². The van der Waals surface area contributed by atoms with Gasteiger partial charge in [-0.05, 0) is 27.7 Å². The molecule has 17 heavy (non-hydrogen) atoms. The summed E-state index contributed by atoms with van der Waals surface area (Å²) >= 11 is 0. The molecule has 0 saturated carbocycles. The second kappa shape index (κ2) is 3.98. The fraction of sp³-hybridized carbons (Fsp3) is 0.583. The predicted octanol–water partition coefficient (Wildman–Crippen LogP) is 2.16. The highest BCUT2D eigenvalue weighted by Crippen LogP contribution is 2.35. The Morgan fingerprint density at radius 3 is 2.35 bits per heavy atom. The Balaban J connectivity index is 2.28. The Labute approximate surface area is 101 Å². The van der Waals surface area contributed by atoms with Crippen LogP contribution >= 0.6 is 0 Å². The lowest BCUT2D eigenvalue weighted by Gasteiger charge is -2.33. The molecule has 1 aromatic rings. The Bertz CT molecular complexity index is 414. The molecule has 1 amide bonds. The van der Waals surface area contributed by atoms with Gasteiger partial charge in [-0.2, -0.15) is 0 Å². The summed E-state index contributed by atoms with van der Waals surface area (Å²) in [6.45, 7) is 7.96. The molecule has 0 aromatic carbocycles. The van der Waals surface area contributed by atoms with Crippen molar-refractivity contribution in [3.8, 4) is 0 Å². The van der Waals surface area contributed by atoms with Gasteiger partial charge in [-0.25, -0.2) is 14.8 Å². The minimum atomic E-state index is -0.289. The maximum atomic E-state index is 11.9. The summed E-state index contributed by atoms with van der Waals surface area (Å²) in [5.41, 5.74) is 0.584. The zero-order valence-electron chi connectivity index (χ0n) is 10.5. The lowest BCUT2D eigenvalue weighted by atomic mass is 10.0. The molecule has 0 bridgehead atoms. The number of carbonyl (C=O) groups excluding carboxylic acids is 1. The van der Waals surface area contributed by atoms with Crippen LogP contribution in [-0.4, -0.2) is 32.5 Å². The van der Waals surface area contributed by atoms with Gasteiger partial charge in [0.15, 0.2) is 6.10 Å². The topological polar surface area (TPSA) is 55.3 Å². The van der Waals surface area contributed by atoms with Gasteiger partial charge >= 0.3 is 6.09 Å². The smallest absolute Gasteiger partial charge is 0.411 e. The highest BCUT2D eigenvalue weighted by Gasteiger charge is 2.44. The first-order valence-corrected chi connectivity index (χ1v) is 5.66. The van der Waals surface area contributed by atoms with Crippen LogP contribution in [0.2, 0.25) is 0 Å². The standard InChI is InChI=1S/C12H17N3O2/c1-8-10(9-5-13-7-14-6-9)17-11(16)15(8)12(2,3)4/h5-8,10H,1-4H3/t8-,10-/m0/s1. The number of cyclic esters (lactones) is 1. The molecule has 0 N–H and O–H groups in total. The summed E-state index contributed by atoms with van der Waals surface area (Å²) in [4.78, 5) is 21.5. The van der Waals surface area contributed by atoms with E-state index in [1.807, 2.05) is 27.7 Å². The van der Waals surface area contributed by atoms with E-state index in [4.69, 9.17) is 4.74 Å². The van der Waals surface area contributed by atoms with E-state index in [0.717, 1.165) is 5.56 Å². The molecule has 1 fully saturated rings. The maximum absolute atomic E-state index is 11.9. The van der Waals surface area contributed by atoms with Crippen molar-refractivity contribution >= 4 is 6.09 Å². The highest BCUT2D eigenvalue weighted by molar-refractivity contribution is 5.71. The summed E-state index contributed by atoms with van der Waals surface area (Å²) in [6.07, 6.45) is 4.27. The lowest BCUT2D eigenvalue weighted by molar-refractivity contribution is 0.119. The highest BCUT2D eigenvalue weighted by atomic mass is 16.6. The van der Waals surface area contributed by atoms with Crippen LogP contribution in [0.1, 0.15) is 39.4 Å². The van der Waals surface area contributed by atoms with E-state index in [-0.39, 0.29) is 23.8 Å². The molecule has 2 heterocycles. The van der Waals surface area contributed by atoms with Crippen molar-refractivity contribution in [2.75, 3.05) is 0 Å². The van der Waals surface area contributed by atoms with E-state index in [2.05, 4.69) is 9.97 Å². The van der Waals surface area contributed by atoms with Gasteiger partial charge in [-0.3, -0.25) is 4.90 Å². The van der Waals surface area contributed by atoms with E-state index in [9.17, 15) is 4.79 Å². The molecule has 5 heteroatoms. The number of ether oxygens (including phenoxy) is 1. The van der Waals surface area contributed by atoms with Crippen molar-refractivity contribution in [3.05, 3.63) is 24.3 Å². The van der Waals surface area contributed by atoms with Gasteiger partial charge in [0.2, 0.25) is 0 Å². The van der Waals surface area contributed by atoms with Gasteiger partial charge in [0.25, 0.3) is 0 Å². The van der Waals surface area contributed by atoms with Crippen molar-refractivity contribution in [2.24, 2.45) is 0 Å². The maximum Gasteiger partial charge on any atom is 0.411 e.